The number of anilines is 2. The van der Waals surface area contributed by atoms with Crippen molar-refractivity contribution in [3.63, 3.8) is 0 Å². The van der Waals surface area contributed by atoms with Crippen molar-refractivity contribution in [3.05, 3.63) is 18.2 Å². The monoisotopic (exact) mass is 340 g/mol. The summed E-state index contributed by atoms with van der Waals surface area (Å²) in [6.07, 6.45) is 2.49. The number of benzene rings is 1. The van der Waals surface area contributed by atoms with E-state index in [2.05, 4.69) is 76.1 Å². The lowest BCUT2D eigenvalue weighted by Gasteiger charge is -2.22. The number of hydrogen-bond acceptors (Lipinski definition) is 4. The molecule has 1 aromatic carbocycles. The second-order valence-corrected chi connectivity index (χ2v) is 9.14. The highest BCUT2D eigenvalue weighted by Gasteiger charge is 2.14. The van der Waals surface area contributed by atoms with E-state index >= 15 is 0 Å². The summed E-state index contributed by atoms with van der Waals surface area (Å²) < 4.78 is -0.0211. The van der Waals surface area contributed by atoms with Crippen LogP contribution in [0.15, 0.2) is 23.1 Å². The minimum atomic E-state index is -0.0211. The van der Waals surface area contributed by atoms with E-state index in [4.69, 9.17) is 0 Å². The number of thioether (sulfide) groups is 1. The van der Waals surface area contributed by atoms with Gasteiger partial charge in [0.25, 0.3) is 0 Å². The van der Waals surface area contributed by atoms with E-state index in [0.717, 1.165) is 18.8 Å². The fraction of sp³-hybridized carbons (Fsp3) is 0.667. The normalized spacial score (nSPS) is 11.8. The van der Waals surface area contributed by atoms with E-state index in [1.54, 1.807) is 0 Å². The minimum Gasteiger partial charge on any atom is -0.384 e. The lowest BCUT2D eigenvalue weighted by molar-refractivity contribution is 0.688. The molecule has 4 heteroatoms. The number of unbranched alkanes of at least 4 members (excludes halogenated alkanes) is 1. The molecule has 0 spiro atoms. The summed E-state index contributed by atoms with van der Waals surface area (Å²) in [4.78, 5) is 1.34. The molecule has 0 aromatic heterocycles. The third kappa shape index (κ3) is 7.68. The summed E-state index contributed by atoms with van der Waals surface area (Å²) in [5.41, 5.74) is 2.47. The minimum absolute atomic E-state index is 0.0211. The van der Waals surface area contributed by atoms with Gasteiger partial charge in [0.1, 0.15) is 0 Å². The van der Waals surface area contributed by atoms with Crippen LogP contribution in [0.4, 0.5) is 11.4 Å². The lowest BCUT2D eigenvalue weighted by Crippen LogP contribution is -2.23. The third-order valence-corrected chi connectivity index (χ3v) is 4.55. The van der Waals surface area contributed by atoms with E-state index in [1.807, 2.05) is 11.8 Å². The molecule has 0 amide bonds. The number of thiol groups is 1. The Balaban J connectivity index is 2.89. The van der Waals surface area contributed by atoms with Crippen LogP contribution in [0, 0.1) is 5.92 Å². The molecular formula is C18H32N2S2. The van der Waals surface area contributed by atoms with Gasteiger partial charge in [0, 0.05) is 29.2 Å². The van der Waals surface area contributed by atoms with Crippen molar-refractivity contribution < 1.29 is 0 Å². The Labute approximate surface area is 146 Å². The summed E-state index contributed by atoms with van der Waals surface area (Å²) in [6.45, 7) is 12.8. The molecular weight excluding hydrogens is 308 g/mol. The molecule has 2 N–H and O–H groups in total. The SMILES string of the molecule is CCCCSc1c(NCC(C)C)cccc1NCC(C)(C)S. The van der Waals surface area contributed by atoms with Crippen LogP contribution in [0.3, 0.4) is 0 Å². The molecule has 126 valence electrons. The zero-order chi connectivity index (χ0) is 16.6. The van der Waals surface area contributed by atoms with Crippen LogP contribution < -0.4 is 10.6 Å². The molecule has 0 atom stereocenters. The predicted molar refractivity (Wildman–Crippen MR) is 107 cm³/mol. The average molecular weight is 341 g/mol. The summed E-state index contributed by atoms with van der Waals surface area (Å²) in [5, 5.41) is 7.17. The quantitative estimate of drug-likeness (QED) is 0.286. The standard InChI is InChI=1S/C18H32N2S2/c1-6-7-11-22-17-15(19-12-14(2)3)9-8-10-16(17)20-13-18(4,5)21/h8-10,14,19-21H,6-7,11-13H2,1-5H3. The van der Waals surface area contributed by atoms with Gasteiger partial charge in [0.15, 0.2) is 0 Å². The zero-order valence-electron chi connectivity index (χ0n) is 14.7. The first-order valence-corrected chi connectivity index (χ1v) is 9.72. The molecule has 0 radical (unpaired) electrons. The van der Waals surface area contributed by atoms with Crippen LogP contribution in [0.1, 0.15) is 47.5 Å². The molecule has 1 aromatic rings. The van der Waals surface area contributed by atoms with E-state index in [-0.39, 0.29) is 4.75 Å². The Kier molecular flexibility index (Phi) is 8.55. The fourth-order valence-corrected chi connectivity index (χ4v) is 3.22. The number of hydrogen-bond donors (Lipinski definition) is 3. The van der Waals surface area contributed by atoms with E-state index in [9.17, 15) is 0 Å². The first kappa shape index (κ1) is 19.6. The maximum absolute atomic E-state index is 4.61. The molecule has 0 unspecified atom stereocenters. The first-order chi connectivity index (χ1) is 10.3. The number of nitrogens with one attached hydrogen (secondary N) is 2. The van der Waals surface area contributed by atoms with E-state index in [1.165, 1.54) is 29.1 Å². The Morgan fingerprint density at radius 1 is 1.18 bits per heavy atom. The van der Waals surface area contributed by atoms with Crippen LogP contribution in [0.2, 0.25) is 0 Å². The van der Waals surface area contributed by atoms with Gasteiger partial charge in [0.2, 0.25) is 0 Å². The van der Waals surface area contributed by atoms with Gasteiger partial charge in [-0.2, -0.15) is 12.6 Å². The maximum atomic E-state index is 4.61. The maximum Gasteiger partial charge on any atom is 0.0536 e. The van der Waals surface area contributed by atoms with Crippen molar-refractivity contribution in [3.8, 4) is 0 Å². The summed E-state index contributed by atoms with van der Waals surface area (Å²) in [6, 6.07) is 6.49. The van der Waals surface area contributed by atoms with Gasteiger partial charge >= 0.3 is 0 Å². The second kappa shape index (κ2) is 9.61. The van der Waals surface area contributed by atoms with Gasteiger partial charge in [-0.1, -0.05) is 33.3 Å². The Morgan fingerprint density at radius 2 is 1.82 bits per heavy atom. The highest BCUT2D eigenvalue weighted by atomic mass is 32.2. The van der Waals surface area contributed by atoms with Crippen molar-refractivity contribution in [1.29, 1.82) is 0 Å². The van der Waals surface area contributed by atoms with Crippen molar-refractivity contribution in [2.75, 3.05) is 29.5 Å². The molecule has 0 fully saturated rings. The summed E-state index contributed by atoms with van der Waals surface area (Å²) in [5.74, 6) is 1.80. The van der Waals surface area contributed by atoms with Crippen LogP contribution in [-0.4, -0.2) is 23.6 Å². The van der Waals surface area contributed by atoms with Crippen LogP contribution in [0.25, 0.3) is 0 Å². The Bertz CT molecular complexity index is 439. The van der Waals surface area contributed by atoms with Crippen LogP contribution in [-0.2, 0) is 0 Å². The molecule has 0 heterocycles. The molecule has 1 rings (SSSR count). The van der Waals surface area contributed by atoms with Gasteiger partial charge in [-0.25, -0.2) is 0 Å². The Hall–Kier alpha value is -0.480. The van der Waals surface area contributed by atoms with Crippen molar-refractivity contribution in [2.24, 2.45) is 5.92 Å². The van der Waals surface area contributed by atoms with Crippen LogP contribution in [0.5, 0.6) is 0 Å². The van der Waals surface area contributed by atoms with E-state index < -0.39 is 0 Å². The molecule has 0 aliphatic rings. The highest BCUT2D eigenvalue weighted by molar-refractivity contribution is 7.99. The van der Waals surface area contributed by atoms with Crippen LogP contribution >= 0.6 is 24.4 Å². The van der Waals surface area contributed by atoms with Crippen molar-refractivity contribution in [1.82, 2.24) is 0 Å². The van der Waals surface area contributed by atoms with Crippen molar-refractivity contribution in [2.45, 2.75) is 57.1 Å². The molecule has 0 aliphatic carbocycles. The van der Waals surface area contributed by atoms with Gasteiger partial charge in [-0.3, -0.25) is 0 Å². The topological polar surface area (TPSA) is 24.1 Å². The van der Waals surface area contributed by atoms with Gasteiger partial charge in [-0.05, 0) is 44.1 Å². The van der Waals surface area contributed by atoms with Gasteiger partial charge in [-0.15, -0.1) is 11.8 Å². The van der Waals surface area contributed by atoms with Crippen molar-refractivity contribution >= 4 is 35.8 Å². The number of rotatable bonds is 10. The molecule has 0 aliphatic heterocycles. The third-order valence-electron chi connectivity index (χ3n) is 3.17. The first-order valence-electron chi connectivity index (χ1n) is 8.29. The molecule has 2 nitrogen and oxygen atoms in total. The van der Waals surface area contributed by atoms with Gasteiger partial charge in [0.05, 0.1) is 4.90 Å². The molecule has 0 bridgehead atoms. The summed E-state index contributed by atoms with van der Waals surface area (Å²) in [7, 11) is 0. The second-order valence-electron chi connectivity index (χ2n) is 6.83. The lowest BCUT2D eigenvalue weighted by atomic mass is 10.2. The van der Waals surface area contributed by atoms with E-state index in [0.29, 0.717) is 5.92 Å². The van der Waals surface area contributed by atoms with Gasteiger partial charge < -0.3 is 10.6 Å². The fourth-order valence-electron chi connectivity index (χ4n) is 1.92. The smallest absolute Gasteiger partial charge is 0.0536 e. The predicted octanol–water partition coefficient (Wildman–Crippen LogP) is 5.77. The highest BCUT2D eigenvalue weighted by Crippen LogP contribution is 2.35. The molecule has 0 saturated heterocycles. The Morgan fingerprint density at radius 3 is 2.36 bits per heavy atom. The summed E-state index contributed by atoms with van der Waals surface area (Å²) >= 11 is 6.56. The average Bonchev–Trinajstić information content (AvgIpc) is 2.43. The molecule has 0 saturated carbocycles. The molecule has 22 heavy (non-hydrogen) atoms. The zero-order valence-corrected chi connectivity index (χ0v) is 16.4. The largest absolute Gasteiger partial charge is 0.384 e.